The molecule has 3 rings (SSSR count). The van der Waals surface area contributed by atoms with Gasteiger partial charge in [-0.2, -0.15) is 4.99 Å². The van der Waals surface area contributed by atoms with Gasteiger partial charge in [0, 0.05) is 14.1 Å². The number of amidine groups is 1. The highest BCUT2D eigenvalue weighted by molar-refractivity contribution is 8.14. The second-order valence-electron chi connectivity index (χ2n) is 7.63. The van der Waals surface area contributed by atoms with Crippen LogP contribution in [0.15, 0.2) is 40.1 Å². The first kappa shape index (κ1) is 23.5. The number of thioether (sulfide) groups is 1. The number of nitrogens with one attached hydrogen (secondary N) is 1. The van der Waals surface area contributed by atoms with Crippen molar-refractivity contribution in [2.45, 2.75) is 33.6 Å². The molecule has 2 heterocycles. The lowest BCUT2D eigenvalue weighted by Gasteiger charge is -2.35. The van der Waals surface area contributed by atoms with Gasteiger partial charge in [0.05, 0.1) is 17.1 Å². The number of para-hydroxylation sites is 1. The maximum Gasteiger partial charge on any atom is 0.295 e. The van der Waals surface area contributed by atoms with E-state index in [-0.39, 0.29) is 28.1 Å². The molecule has 2 aromatic rings. The Morgan fingerprint density at radius 3 is 2.31 bits per heavy atom. The second kappa shape index (κ2) is 9.15. The fraction of sp³-hybridized carbons (Fsp3) is 0.409. The maximum absolute atomic E-state index is 12.9. The zero-order chi connectivity index (χ0) is 23.6. The number of benzene rings is 1. The van der Waals surface area contributed by atoms with Crippen molar-refractivity contribution in [1.29, 1.82) is 0 Å². The summed E-state index contributed by atoms with van der Waals surface area (Å²) in [5.41, 5.74) is -0.00862. The highest BCUT2D eigenvalue weighted by Crippen LogP contribution is 2.35. The summed E-state index contributed by atoms with van der Waals surface area (Å²) in [4.78, 5) is 56.3. The monoisotopic (exact) mass is 457 g/mol. The van der Waals surface area contributed by atoms with Crippen LogP contribution in [0.2, 0.25) is 0 Å². The van der Waals surface area contributed by atoms with Crippen molar-refractivity contribution in [2.75, 3.05) is 18.1 Å². The number of rotatable bonds is 6. The van der Waals surface area contributed by atoms with Gasteiger partial charge in [0.1, 0.15) is 11.1 Å². The summed E-state index contributed by atoms with van der Waals surface area (Å²) < 4.78 is 3.15. The maximum atomic E-state index is 12.9. The summed E-state index contributed by atoms with van der Waals surface area (Å²) in [5, 5.41) is 2.85. The van der Waals surface area contributed by atoms with Crippen LogP contribution in [0.4, 0.5) is 5.69 Å². The fourth-order valence-electron chi connectivity index (χ4n) is 3.77. The van der Waals surface area contributed by atoms with E-state index in [0.29, 0.717) is 24.2 Å². The number of carbonyl (C=O) groups is 3. The van der Waals surface area contributed by atoms with Gasteiger partial charge in [-0.05, 0) is 31.9 Å². The highest BCUT2D eigenvalue weighted by atomic mass is 32.2. The van der Waals surface area contributed by atoms with E-state index in [1.54, 1.807) is 51.7 Å². The molecule has 0 fully saturated rings. The number of aliphatic imine (C=N–C) groups is 1. The van der Waals surface area contributed by atoms with E-state index in [9.17, 15) is 19.2 Å². The van der Waals surface area contributed by atoms with E-state index in [2.05, 4.69) is 10.3 Å². The molecule has 1 aliphatic rings. The van der Waals surface area contributed by atoms with Crippen LogP contribution in [0.3, 0.4) is 0 Å². The summed E-state index contributed by atoms with van der Waals surface area (Å²) in [6.45, 7) is 5.33. The molecular weight excluding hydrogens is 430 g/mol. The van der Waals surface area contributed by atoms with Gasteiger partial charge < -0.3 is 5.32 Å². The molecule has 170 valence electrons. The first-order valence-electron chi connectivity index (χ1n) is 10.4. The molecule has 1 aromatic heterocycles. The van der Waals surface area contributed by atoms with E-state index in [0.717, 1.165) is 11.8 Å². The standard InChI is InChI=1S/C22H27N5O4S/c1-6-22(7-2)19(30)24-21(25(4)20(22)31)32-13-16(28)23-17-14(3)26(5)27(18(17)29)15-11-9-8-10-12-15/h8-12H,6-7,13H2,1-5H3,(H,23,28). The number of hydrogen-bond acceptors (Lipinski definition) is 5. The van der Waals surface area contributed by atoms with Crippen molar-refractivity contribution in [2.24, 2.45) is 17.5 Å². The summed E-state index contributed by atoms with van der Waals surface area (Å²) in [6.07, 6.45) is 0.739. The molecule has 0 bridgehead atoms. The predicted molar refractivity (Wildman–Crippen MR) is 125 cm³/mol. The summed E-state index contributed by atoms with van der Waals surface area (Å²) in [7, 11) is 3.29. The summed E-state index contributed by atoms with van der Waals surface area (Å²) in [6, 6.07) is 9.12. The molecule has 0 atom stereocenters. The van der Waals surface area contributed by atoms with Gasteiger partial charge in [-0.3, -0.25) is 28.8 Å². The first-order valence-corrected chi connectivity index (χ1v) is 11.3. The molecule has 0 aliphatic carbocycles. The predicted octanol–water partition coefficient (Wildman–Crippen LogP) is 2.32. The van der Waals surface area contributed by atoms with Crippen molar-refractivity contribution in [1.82, 2.24) is 14.3 Å². The van der Waals surface area contributed by atoms with Crippen LogP contribution in [0.5, 0.6) is 0 Å². The molecule has 0 saturated carbocycles. The Bertz CT molecular complexity index is 1150. The molecule has 0 spiro atoms. The van der Waals surface area contributed by atoms with Crippen molar-refractivity contribution < 1.29 is 14.4 Å². The minimum absolute atomic E-state index is 0.103. The quantitative estimate of drug-likeness (QED) is 0.670. The van der Waals surface area contributed by atoms with Crippen LogP contribution in [-0.4, -0.2) is 50.0 Å². The Kier molecular flexibility index (Phi) is 6.73. The largest absolute Gasteiger partial charge is 0.319 e. The van der Waals surface area contributed by atoms with Crippen molar-refractivity contribution >= 4 is 40.3 Å². The minimum Gasteiger partial charge on any atom is -0.319 e. The lowest BCUT2D eigenvalue weighted by atomic mass is 9.79. The van der Waals surface area contributed by atoms with Crippen molar-refractivity contribution in [3.63, 3.8) is 0 Å². The van der Waals surface area contributed by atoms with Crippen molar-refractivity contribution in [3.8, 4) is 5.69 Å². The van der Waals surface area contributed by atoms with Crippen LogP contribution < -0.4 is 10.9 Å². The van der Waals surface area contributed by atoms with Gasteiger partial charge in [0.25, 0.3) is 11.5 Å². The van der Waals surface area contributed by atoms with Gasteiger partial charge in [-0.15, -0.1) is 0 Å². The normalized spacial score (nSPS) is 15.7. The average Bonchev–Trinajstić information content (AvgIpc) is 3.00. The molecule has 1 aliphatic heterocycles. The van der Waals surface area contributed by atoms with Crippen LogP contribution in [-0.2, 0) is 21.4 Å². The van der Waals surface area contributed by atoms with E-state index >= 15 is 0 Å². The number of hydrogen-bond donors (Lipinski definition) is 1. The van der Waals surface area contributed by atoms with E-state index < -0.39 is 17.2 Å². The van der Waals surface area contributed by atoms with E-state index in [1.807, 2.05) is 18.2 Å². The zero-order valence-electron chi connectivity index (χ0n) is 18.8. The van der Waals surface area contributed by atoms with Gasteiger partial charge in [-0.25, -0.2) is 4.68 Å². The molecule has 1 N–H and O–H groups in total. The van der Waals surface area contributed by atoms with E-state index in [4.69, 9.17) is 0 Å². The Morgan fingerprint density at radius 2 is 1.72 bits per heavy atom. The van der Waals surface area contributed by atoms with Crippen LogP contribution in [0.25, 0.3) is 5.69 Å². The fourth-order valence-corrected chi connectivity index (χ4v) is 4.53. The molecule has 1 aromatic carbocycles. The third kappa shape index (κ3) is 3.90. The van der Waals surface area contributed by atoms with Crippen LogP contribution in [0.1, 0.15) is 32.4 Å². The molecular formula is C22H27N5O4S. The topological polar surface area (TPSA) is 106 Å². The summed E-state index contributed by atoms with van der Waals surface area (Å²) >= 11 is 0.988. The number of nitrogens with zero attached hydrogens (tertiary/aromatic N) is 4. The number of aromatic nitrogens is 2. The molecule has 9 nitrogen and oxygen atoms in total. The lowest BCUT2D eigenvalue weighted by molar-refractivity contribution is -0.147. The van der Waals surface area contributed by atoms with Crippen molar-refractivity contribution in [3.05, 3.63) is 46.4 Å². The molecule has 0 unspecified atom stereocenters. The Labute approximate surface area is 190 Å². The molecule has 0 saturated heterocycles. The first-order chi connectivity index (χ1) is 15.2. The van der Waals surface area contributed by atoms with Gasteiger partial charge in [0.2, 0.25) is 11.8 Å². The molecule has 10 heteroatoms. The van der Waals surface area contributed by atoms with E-state index in [1.165, 1.54) is 9.58 Å². The Balaban J connectivity index is 1.76. The smallest absolute Gasteiger partial charge is 0.295 e. The van der Waals surface area contributed by atoms with Gasteiger partial charge >= 0.3 is 0 Å². The summed E-state index contributed by atoms with van der Waals surface area (Å²) in [5.74, 6) is -1.32. The van der Waals surface area contributed by atoms with Gasteiger partial charge in [0.15, 0.2) is 5.17 Å². The molecule has 32 heavy (non-hydrogen) atoms. The second-order valence-corrected chi connectivity index (χ2v) is 8.57. The Morgan fingerprint density at radius 1 is 1.09 bits per heavy atom. The van der Waals surface area contributed by atoms with Crippen LogP contribution in [0, 0.1) is 12.3 Å². The SMILES string of the molecule is CCC1(CC)C(=O)N=C(SCC(=O)Nc2c(C)n(C)n(-c3ccccc3)c2=O)N(C)C1=O. The zero-order valence-corrected chi connectivity index (χ0v) is 19.7. The Hall–Kier alpha value is -3.14. The third-order valence-electron chi connectivity index (χ3n) is 5.97. The number of carbonyl (C=O) groups excluding carboxylic acids is 3. The van der Waals surface area contributed by atoms with Crippen LogP contribution >= 0.6 is 11.8 Å². The third-order valence-corrected chi connectivity index (χ3v) is 7.00. The average molecular weight is 458 g/mol. The van der Waals surface area contributed by atoms with Gasteiger partial charge in [-0.1, -0.05) is 43.8 Å². The highest BCUT2D eigenvalue weighted by Gasteiger charge is 2.48. The number of amides is 3. The molecule has 0 radical (unpaired) electrons. The minimum atomic E-state index is -1.13. The lowest BCUT2D eigenvalue weighted by Crippen LogP contribution is -2.52. The number of anilines is 1. The molecule has 3 amide bonds.